The number of anilines is 1. The summed E-state index contributed by atoms with van der Waals surface area (Å²) in [5.74, 6) is -1.44. The molecule has 0 spiro atoms. The molecule has 1 aromatic rings. The fraction of sp³-hybridized carbons (Fsp3) is 0.467. The predicted octanol–water partition coefficient (Wildman–Crippen LogP) is 1.11. The third-order valence-electron chi connectivity index (χ3n) is 3.84. The van der Waals surface area contributed by atoms with Gasteiger partial charge in [-0.2, -0.15) is 0 Å². The highest BCUT2D eigenvalue weighted by Crippen LogP contribution is 2.17. The SMILES string of the molecule is NS(=O)(=O)c1ccc(NC(=O)C(=O)NC2CCCCCC2)cc1. The number of carbonyl (C=O) groups is 2. The van der Waals surface area contributed by atoms with Crippen LogP contribution in [0.1, 0.15) is 38.5 Å². The second kappa shape index (κ2) is 7.56. The van der Waals surface area contributed by atoms with E-state index in [1.807, 2.05) is 0 Å². The summed E-state index contributed by atoms with van der Waals surface area (Å²) in [7, 11) is -3.78. The molecule has 8 heteroatoms. The van der Waals surface area contributed by atoms with Crippen molar-refractivity contribution < 1.29 is 18.0 Å². The molecule has 0 aliphatic heterocycles. The number of rotatable bonds is 3. The van der Waals surface area contributed by atoms with Gasteiger partial charge >= 0.3 is 11.8 Å². The average molecular weight is 339 g/mol. The van der Waals surface area contributed by atoms with E-state index in [0.717, 1.165) is 38.5 Å². The van der Waals surface area contributed by atoms with Crippen molar-refractivity contribution in [1.82, 2.24) is 5.32 Å². The van der Waals surface area contributed by atoms with Gasteiger partial charge in [0.15, 0.2) is 0 Å². The van der Waals surface area contributed by atoms with E-state index in [1.165, 1.54) is 24.3 Å². The Morgan fingerprint density at radius 1 is 0.957 bits per heavy atom. The van der Waals surface area contributed by atoms with Gasteiger partial charge in [-0.05, 0) is 37.1 Å². The van der Waals surface area contributed by atoms with Gasteiger partial charge < -0.3 is 10.6 Å². The molecular weight excluding hydrogens is 318 g/mol. The zero-order valence-corrected chi connectivity index (χ0v) is 13.6. The van der Waals surface area contributed by atoms with Crippen molar-refractivity contribution in [2.75, 3.05) is 5.32 Å². The lowest BCUT2D eigenvalue weighted by Crippen LogP contribution is -2.41. The van der Waals surface area contributed by atoms with Crippen LogP contribution < -0.4 is 15.8 Å². The van der Waals surface area contributed by atoms with Gasteiger partial charge in [0.05, 0.1) is 4.90 Å². The lowest BCUT2D eigenvalue weighted by atomic mass is 10.1. The molecule has 0 radical (unpaired) electrons. The van der Waals surface area contributed by atoms with Crippen molar-refractivity contribution in [3.63, 3.8) is 0 Å². The van der Waals surface area contributed by atoms with E-state index < -0.39 is 21.8 Å². The summed E-state index contributed by atoms with van der Waals surface area (Å²) in [4.78, 5) is 23.7. The zero-order chi connectivity index (χ0) is 16.9. The van der Waals surface area contributed by atoms with Gasteiger partial charge in [-0.15, -0.1) is 0 Å². The van der Waals surface area contributed by atoms with Crippen molar-refractivity contribution >= 4 is 27.5 Å². The lowest BCUT2D eigenvalue weighted by molar-refractivity contribution is -0.136. The Hall–Kier alpha value is -1.93. The summed E-state index contributed by atoms with van der Waals surface area (Å²) >= 11 is 0. The molecule has 1 aromatic carbocycles. The minimum Gasteiger partial charge on any atom is -0.345 e. The first kappa shape index (κ1) is 17.4. The molecule has 1 saturated carbocycles. The normalized spacial score (nSPS) is 16.4. The number of primary sulfonamides is 1. The number of amides is 2. The van der Waals surface area contributed by atoms with Crippen LogP contribution in [-0.4, -0.2) is 26.3 Å². The lowest BCUT2D eigenvalue weighted by Gasteiger charge is -2.15. The van der Waals surface area contributed by atoms with E-state index in [2.05, 4.69) is 10.6 Å². The molecule has 0 unspecified atom stereocenters. The third-order valence-corrected chi connectivity index (χ3v) is 4.77. The molecular formula is C15H21N3O4S. The van der Waals surface area contributed by atoms with Crippen LogP contribution in [0.15, 0.2) is 29.2 Å². The Bertz CT molecular complexity index is 662. The van der Waals surface area contributed by atoms with Crippen molar-refractivity contribution in [2.24, 2.45) is 5.14 Å². The van der Waals surface area contributed by atoms with E-state index in [0.29, 0.717) is 5.69 Å². The van der Waals surface area contributed by atoms with Gasteiger partial charge in [-0.1, -0.05) is 25.7 Å². The predicted molar refractivity (Wildman–Crippen MR) is 86.1 cm³/mol. The number of sulfonamides is 1. The average Bonchev–Trinajstić information content (AvgIpc) is 2.75. The van der Waals surface area contributed by atoms with Crippen LogP contribution in [0.4, 0.5) is 5.69 Å². The maximum absolute atomic E-state index is 11.9. The standard InChI is InChI=1S/C15H21N3O4S/c16-23(21,22)13-9-7-12(8-10-13)18-15(20)14(19)17-11-5-3-1-2-4-6-11/h7-11H,1-6H2,(H,17,19)(H,18,20)(H2,16,21,22). The van der Waals surface area contributed by atoms with Crippen LogP contribution >= 0.6 is 0 Å². The molecule has 23 heavy (non-hydrogen) atoms. The number of nitrogens with two attached hydrogens (primary N) is 1. The van der Waals surface area contributed by atoms with Crippen molar-refractivity contribution in [3.05, 3.63) is 24.3 Å². The maximum atomic E-state index is 11.9. The second-order valence-corrected chi connectivity index (χ2v) is 7.25. The first-order valence-corrected chi connectivity index (χ1v) is 9.15. The maximum Gasteiger partial charge on any atom is 0.313 e. The highest BCUT2D eigenvalue weighted by Gasteiger charge is 2.20. The van der Waals surface area contributed by atoms with Crippen LogP contribution in [0.25, 0.3) is 0 Å². The molecule has 1 aliphatic rings. The van der Waals surface area contributed by atoms with Crippen molar-refractivity contribution in [2.45, 2.75) is 49.5 Å². The van der Waals surface area contributed by atoms with Gasteiger partial charge in [-0.3, -0.25) is 9.59 Å². The monoisotopic (exact) mass is 339 g/mol. The highest BCUT2D eigenvalue weighted by molar-refractivity contribution is 7.89. The molecule has 1 fully saturated rings. The zero-order valence-electron chi connectivity index (χ0n) is 12.7. The van der Waals surface area contributed by atoms with E-state index in [4.69, 9.17) is 5.14 Å². The molecule has 0 bridgehead atoms. The van der Waals surface area contributed by atoms with E-state index >= 15 is 0 Å². The fourth-order valence-electron chi connectivity index (χ4n) is 2.59. The molecule has 2 rings (SSSR count). The fourth-order valence-corrected chi connectivity index (χ4v) is 3.11. The van der Waals surface area contributed by atoms with E-state index in [1.54, 1.807) is 0 Å². The summed E-state index contributed by atoms with van der Waals surface area (Å²) in [6, 6.07) is 5.36. The molecule has 0 heterocycles. The number of benzene rings is 1. The Kier molecular flexibility index (Phi) is 5.73. The minimum absolute atomic E-state index is 0.0421. The molecule has 1 aliphatic carbocycles. The van der Waals surface area contributed by atoms with Crippen molar-refractivity contribution in [3.8, 4) is 0 Å². The molecule has 4 N–H and O–H groups in total. The van der Waals surface area contributed by atoms with Crippen LogP contribution in [0.5, 0.6) is 0 Å². The van der Waals surface area contributed by atoms with Crippen LogP contribution in [-0.2, 0) is 19.6 Å². The van der Waals surface area contributed by atoms with Crippen LogP contribution in [0.2, 0.25) is 0 Å². The Balaban J connectivity index is 1.91. The van der Waals surface area contributed by atoms with Crippen molar-refractivity contribution in [1.29, 1.82) is 0 Å². The van der Waals surface area contributed by atoms with Gasteiger partial charge in [0.1, 0.15) is 0 Å². The topological polar surface area (TPSA) is 118 Å². The van der Waals surface area contributed by atoms with Crippen LogP contribution in [0, 0.1) is 0 Å². The smallest absolute Gasteiger partial charge is 0.313 e. The summed E-state index contributed by atoms with van der Waals surface area (Å²) in [5.41, 5.74) is 0.332. The first-order chi connectivity index (χ1) is 10.9. The molecule has 0 aromatic heterocycles. The number of hydrogen-bond acceptors (Lipinski definition) is 4. The summed E-state index contributed by atoms with van der Waals surface area (Å²) in [6.45, 7) is 0. The first-order valence-electron chi connectivity index (χ1n) is 7.61. The highest BCUT2D eigenvalue weighted by atomic mass is 32.2. The Morgan fingerprint density at radius 3 is 2.04 bits per heavy atom. The molecule has 7 nitrogen and oxygen atoms in total. The van der Waals surface area contributed by atoms with Gasteiger partial charge in [0.2, 0.25) is 10.0 Å². The van der Waals surface area contributed by atoms with Gasteiger partial charge in [0, 0.05) is 11.7 Å². The summed E-state index contributed by atoms with van der Waals surface area (Å²) < 4.78 is 22.3. The number of nitrogens with one attached hydrogen (secondary N) is 2. The van der Waals surface area contributed by atoms with Crippen LogP contribution in [0.3, 0.4) is 0 Å². The Morgan fingerprint density at radius 2 is 1.52 bits per heavy atom. The number of carbonyl (C=O) groups excluding carboxylic acids is 2. The second-order valence-electron chi connectivity index (χ2n) is 5.69. The third kappa shape index (κ3) is 5.33. The van der Waals surface area contributed by atoms with Gasteiger partial charge in [0.25, 0.3) is 0 Å². The van der Waals surface area contributed by atoms with E-state index in [-0.39, 0.29) is 10.9 Å². The molecule has 0 atom stereocenters. The van der Waals surface area contributed by atoms with E-state index in [9.17, 15) is 18.0 Å². The Labute approximate surface area is 135 Å². The minimum atomic E-state index is -3.78. The van der Waals surface area contributed by atoms with Gasteiger partial charge in [-0.25, -0.2) is 13.6 Å². The summed E-state index contributed by atoms with van der Waals surface area (Å²) in [5, 5.41) is 10.2. The quantitative estimate of drug-likeness (QED) is 0.564. The number of hydrogen-bond donors (Lipinski definition) is 3. The largest absolute Gasteiger partial charge is 0.345 e. The molecule has 0 saturated heterocycles. The molecule has 2 amide bonds. The molecule has 126 valence electrons. The summed E-state index contributed by atoms with van der Waals surface area (Å²) in [6.07, 6.45) is 6.22.